The number of carboxylic acid groups (broad SMARTS) is 1. The minimum Gasteiger partial charge on any atom is -0.483 e. The summed E-state index contributed by atoms with van der Waals surface area (Å²) in [5.41, 5.74) is 6.42. The quantitative estimate of drug-likeness (QED) is 0.567. The summed E-state index contributed by atoms with van der Waals surface area (Å²) < 4.78 is 6.36. The molecule has 0 aliphatic heterocycles. The van der Waals surface area contributed by atoms with Crippen molar-refractivity contribution in [3.8, 4) is 5.88 Å². The van der Waals surface area contributed by atoms with Crippen LogP contribution in [0.15, 0.2) is 6.33 Å². The van der Waals surface area contributed by atoms with Gasteiger partial charge in [-0.15, -0.1) is 11.3 Å². The molecule has 2 aliphatic carbocycles. The third-order valence-corrected chi connectivity index (χ3v) is 7.36. The Bertz CT molecular complexity index is 911. The molecule has 2 aromatic heterocycles. The Morgan fingerprint density at radius 3 is 2.61 bits per heavy atom. The number of nitrogens with two attached hydrogens (primary N) is 1. The van der Waals surface area contributed by atoms with Crippen LogP contribution in [0.4, 0.5) is 0 Å². The van der Waals surface area contributed by atoms with Gasteiger partial charge in [0.05, 0.1) is 5.39 Å². The van der Waals surface area contributed by atoms with E-state index in [2.05, 4.69) is 29.0 Å². The zero-order chi connectivity index (χ0) is 22.5. The van der Waals surface area contributed by atoms with Crippen molar-refractivity contribution >= 4 is 33.9 Å². The molecule has 0 radical (unpaired) electrons. The highest BCUT2D eigenvalue weighted by Gasteiger charge is 2.33. The van der Waals surface area contributed by atoms with Crippen LogP contribution in [0.25, 0.3) is 10.2 Å². The van der Waals surface area contributed by atoms with Crippen LogP contribution < -0.4 is 10.5 Å². The molecule has 10 heteroatoms. The lowest BCUT2D eigenvalue weighted by molar-refractivity contribution is -0.126. The van der Waals surface area contributed by atoms with Gasteiger partial charge in [-0.05, 0) is 70.5 Å². The predicted molar refractivity (Wildman–Crippen MR) is 117 cm³/mol. The second-order valence-corrected chi connectivity index (χ2v) is 9.39. The van der Waals surface area contributed by atoms with Crippen LogP contribution in [0.2, 0.25) is 0 Å². The van der Waals surface area contributed by atoms with E-state index in [4.69, 9.17) is 20.4 Å². The lowest BCUT2D eigenvalue weighted by Gasteiger charge is -2.32. The fourth-order valence-electron chi connectivity index (χ4n) is 4.59. The van der Waals surface area contributed by atoms with E-state index in [1.54, 1.807) is 17.7 Å². The summed E-state index contributed by atoms with van der Waals surface area (Å²) in [5.74, 6) is 0.0682. The molecule has 1 fully saturated rings. The van der Waals surface area contributed by atoms with Crippen LogP contribution in [-0.4, -0.2) is 69.8 Å². The molecule has 4 rings (SSSR count). The molecule has 0 unspecified atom stereocenters. The number of hydrogen-bond acceptors (Lipinski definition) is 8. The summed E-state index contributed by atoms with van der Waals surface area (Å²) in [6.45, 7) is -0.250. The second kappa shape index (κ2) is 10.3. The monoisotopic (exact) mass is 450 g/mol. The van der Waals surface area contributed by atoms with E-state index in [-0.39, 0.29) is 18.5 Å². The molecule has 170 valence electrons. The largest absolute Gasteiger partial charge is 0.483 e. The molecule has 1 saturated carbocycles. The van der Waals surface area contributed by atoms with Gasteiger partial charge < -0.3 is 25.6 Å². The van der Waals surface area contributed by atoms with Crippen LogP contribution in [-0.2, 0) is 16.0 Å². The van der Waals surface area contributed by atoms with Crippen LogP contribution in [0.5, 0.6) is 5.88 Å². The van der Waals surface area contributed by atoms with Crippen LogP contribution in [0, 0.1) is 0 Å². The van der Waals surface area contributed by atoms with Gasteiger partial charge in [0.2, 0.25) is 11.8 Å². The third-order valence-electron chi connectivity index (χ3n) is 6.18. The van der Waals surface area contributed by atoms with Gasteiger partial charge >= 0.3 is 0 Å². The Morgan fingerprint density at radius 1 is 1.32 bits per heavy atom. The van der Waals surface area contributed by atoms with E-state index in [1.807, 2.05) is 0 Å². The first kappa shape index (κ1) is 23.4. The van der Waals surface area contributed by atoms with Crippen LogP contribution in [0.3, 0.4) is 0 Å². The lowest BCUT2D eigenvalue weighted by atomic mass is 9.92. The molecular formula is C21H30N4O5S. The highest BCUT2D eigenvalue weighted by atomic mass is 32.1. The fourth-order valence-corrected chi connectivity index (χ4v) is 5.82. The van der Waals surface area contributed by atoms with Gasteiger partial charge in [0.25, 0.3) is 6.47 Å². The molecule has 2 heterocycles. The SMILES string of the molecule is CN(C)C1CCC(Oc2ncnc3sc4c(c23)[C@@H](C[C@H](O)C(N)=O)CC4)CC1.O=CO. The summed E-state index contributed by atoms with van der Waals surface area (Å²) >= 11 is 1.67. The summed E-state index contributed by atoms with van der Waals surface area (Å²) in [6, 6.07) is 0.621. The van der Waals surface area contributed by atoms with Crippen LogP contribution in [0.1, 0.15) is 54.9 Å². The Hall–Kier alpha value is -2.30. The molecule has 2 aromatic rings. The molecule has 9 nitrogen and oxygen atoms in total. The summed E-state index contributed by atoms with van der Waals surface area (Å²) in [4.78, 5) is 33.1. The van der Waals surface area contributed by atoms with Crippen molar-refractivity contribution in [2.75, 3.05) is 14.1 Å². The highest BCUT2D eigenvalue weighted by molar-refractivity contribution is 7.19. The number of nitrogens with zero attached hydrogens (tertiary/aromatic N) is 3. The van der Waals surface area contributed by atoms with Gasteiger partial charge in [0.1, 0.15) is 23.4 Å². The lowest BCUT2D eigenvalue weighted by Crippen LogP contribution is -2.35. The molecule has 2 atom stereocenters. The number of carbonyl (C=O) groups is 2. The van der Waals surface area contributed by atoms with Crippen molar-refractivity contribution in [2.24, 2.45) is 5.73 Å². The number of fused-ring (bicyclic) bond motifs is 3. The Morgan fingerprint density at radius 2 is 2.00 bits per heavy atom. The van der Waals surface area contributed by atoms with Crippen molar-refractivity contribution in [3.63, 3.8) is 0 Å². The van der Waals surface area contributed by atoms with E-state index in [1.165, 1.54) is 4.88 Å². The normalized spacial score (nSPS) is 23.7. The number of aromatic nitrogens is 2. The van der Waals surface area contributed by atoms with Gasteiger partial charge in [-0.2, -0.15) is 0 Å². The molecule has 2 aliphatic rings. The number of primary amides is 1. The molecule has 31 heavy (non-hydrogen) atoms. The standard InChI is InChI=1S/C20H28N4O3S.CH2O2/c1-24(2)12-4-6-13(7-5-12)27-19-17-16-11(9-14(25)18(21)26)3-8-15(16)28-20(17)23-10-22-19;2-1-3/h10-14,25H,3-9H2,1-2H3,(H2,21,26);1H,(H,2,3)/t11-,12?,13?,14+;/m1./s1. The van der Waals surface area contributed by atoms with E-state index in [9.17, 15) is 9.90 Å². The fraction of sp³-hybridized carbons (Fsp3) is 0.619. The summed E-state index contributed by atoms with van der Waals surface area (Å²) in [6.07, 6.45) is 7.08. The molecule has 0 aromatic carbocycles. The maximum Gasteiger partial charge on any atom is 0.290 e. The topological polar surface area (TPSA) is 139 Å². The van der Waals surface area contributed by atoms with Crippen molar-refractivity contribution < 1.29 is 24.5 Å². The van der Waals surface area contributed by atoms with E-state index in [0.29, 0.717) is 18.3 Å². The predicted octanol–water partition coefficient (Wildman–Crippen LogP) is 1.91. The number of carbonyl (C=O) groups excluding carboxylic acids is 1. The van der Waals surface area contributed by atoms with Crippen molar-refractivity contribution in [1.29, 1.82) is 0 Å². The number of rotatable bonds is 6. The number of aliphatic hydroxyl groups is 1. The smallest absolute Gasteiger partial charge is 0.290 e. The second-order valence-electron chi connectivity index (χ2n) is 8.30. The van der Waals surface area contributed by atoms with Crippen molar-refractivity contribution in [2.45, 2.75) is 69.1 Å². The number of ether oxygens (including phenoxy) is 1. The molecule has 4 N–H and O–H groups in total. The minimum atomic E-state index is -1.12. The van der Waals surface area contributed by atoms with E-state index in [0.717, 1.165) is 54.3 Å². The maximum atomic E-state index is 11.3. The average Bonchev–Trinajstić information content (AvgIpc) is 3.29. The first-order valence-electron chi connectivity index (χ1n) is 10.5. The van der Waals surface area contributed by atoms with Crippen LogP contribution >= 0.6 is 11.3 Å². The summed E-state index contributed by atoms with van der Waals surface area (Å²) in [5, 5.41) is 17.8. The highest BCUT2D eigenvalue weighted by Crippen LogP contribution is 2.47. The molecule has 0 saturated heterocycles. The Balaban J connectivity index is 0.000000858. The zero-order valence-electron chi connectivity index (χ0n) is 17.9. The maximum absolute atomic E-state index is 11.3. The van der Waals surface area contributed by atoms with Gasteiger partial charge in [-0.3, -0.25) is 9.59 Å². The van der Waals surface area contributed by atoms with Gasteiger partial charge in [0, 0.05) is 10.9 Å². The number of thiophene rings is 1. The van der Waals surface area contributed by atoms with Gasteiger partial charge in [0.15, 0.2) is 0 Å². The van der Waals surface area contributed by atoms with Crippen molar-refractivity contribution in [1.82, 2.24) is 14.9 Å². The van der Waals surface area contributed by atoms with Gasteiger partial charge in [-0.1, -0.05) is 0 Å². The van der Waals surface area contributed by atoms with Gasteiger partial charge in [-0.25, -0.2) is 9.97 Å². The van der Waals surface area contributed by atoms with E-state index >= 15 is 0 Å². The first-order chi connectivity index (χ1) is 14.8. The number of amides is 1. The number of hydrogen-bond donors (Lipinski definition) is 3. The van der Waals surface area contributed by atoms with Crippen molar-refractivity contribution in [3.05, 3.63) is 16.8 Å². The summed E-state index contributed by atoms with van der Waals surface area (Å²) in [7, 11) is 4.27. The Kier molecular flexibility index (Phi) is 7.79. The molecule has 0 bridgehead atoms. The minimum absolute atomic E-state index is 0.0871. The average molecular weight is 451 g/mol. The molecular weight excluding hydrogens is 420 g/mol. The number of aryl methyl sites for hydroxylation is 1. The number of aliphatic hydroxyl groups excluding tert-OH is 1. The Labute approximate surface area is 185 Å². The van der Waals surface area contributed by atoms with E-state index < -0.39 is 12.0 Å². The first-order valence-corrected chi connectivity index (χ1v) is 11.3. The molecule has 1 amide bonds. The molecule has 0 spiro atoms. The third kappa shape index (κ3) is 5.31. The zero-order valence-corrected chi connectivity index (χ0v) is 18.7.